The lowest BCUT2D eigenvalue weighted by molar-refractivity contribution is 0.403. The Morgan fingerprint density at radius 3 is 2.82 bits per heavy atom. The van der Waals surface area contributed by atoms with Crippen molar-refractivity contribution in [3.05, 3.63) is 0 Å². The maximum atomic E-state index is 11.8. The Morgan fingerprint density at radius 2 is 2.09 bits per heavy atom. The first-order valence-electron chi connectivity index (χ1n) is 4.20. The lowest BCUT2D eigenvalue weighted by Gasteiger charge is -2.24. The highest BCUT2D eigenvalue weighted by Gasteiger charge is 2.37. The fourth-order valence-electron chi connectivity index (χ4n) is 2.13. The van der Waals surface area contributed by atoms with Gasteiger partial charge >= 0.3 is 0 Å². The van der Waals surface area contributed by atoms with Crippen LogP contribution >= 0.6 is 10.8 Å². The minimum absolute atomic E-state index is 0.459. The van der Waals surface area contributed by atoms with Crippen molar-refractivity contribution in [2.75, 3.05) is 5.75 Å². The summed E-state index contributed by atoms with van der Waals surface area (Å²) in [4.78, 5) is 0. The van der Waals surface area contributed by atoms with E-state index in [0.717, 1.165) is 11.7 Å². The van der Waals surface area contributed by atoms with Gasteiger partial charge in [0.15, 0.2) is 0 Å². The Balaban J connectivity index is 2.23. The molecule has 2 rings (SSSR count). The lowest BCUT2D eigenvalue weighted by atomic mass is 9.90. The average Bonchev–Trinajstić information content (AvgIpc) is 2.29. The van der Waals surface area contributed by atoms with E-state index in [9.17, 15) is 4.21 Å². The molecule has 0 spiro atoms. The van der Waals surface area contributed by atoms with Crippen LogP contribution in [0.1, 0.15) is 25.7 Å². The smallest absolute Gasteiger partial charge is 0.0401 e. The molecule has 0 aromatic rings. The zero-order chi connectivity index (χ0) is 7.90. The van der Waals surface area contributed by atoms with Crippen molar-refractivity contribution in [2.45, 2.75) is 30.9 Å². The van der Waals surface area contributed by atoms with Crippen LogP contribution < -0.4 is 0 Å². The van der Waals surface area contributed by atoms with Crippen molar-refractivity contribution in [2.24, 2.45) is 5.92 Å². The van der Waals surface area contributed by atoms with Gasteiger partial charge in [0.2, 0.25) is 0 Å². The van der Waals surface area contributed by atoms with Crippen molar-refractivity contribution >= 4 is 25.2 Å². The first kappa shape index (κ1) is 7.99. The molecule has 1 heterocycles. The van der Waals surface area contributed by atoms with Crippen molar-refractivity contribution in [1.29, 1.82) is 0 Å². The van der Waals surface area contributed by atoms with E-state index < -0.39 is 8.55 Å². The van der Waals surface area contributed by atoms with Gasteiger partial charge in [0, 0.05) is 19.6 Å². The zero-order valence-corrected chi connectivity index (χ0v) is 8.26. The molecule has 2 aliphatic rings. The SMILES string of the molecule is C=S1(=O)SCC2CCCCC21. The fraction of sp³-hybridized carbons (Fsp3) is 0.875. The fourth-order valence-corrected chi connectivity index (χ4v) is 7.07. The summed E-state index contributed by atoms with van der Waals surface area (Å²) in [5.41, 5.74) is 0. The van der Waals surface area contributed by atoms with Gasteiger partial charge < -0.3 is 0 Å². The van der Waals surface area contributed by atoms with Crippen LogP contribution in [0.3, 0.4) is 0 Å². The summed E-state index contributed by atoms with van der Waals surface area (Å²) in [6, 6.07) is 0. The Kier molecular flexibility index (Phi) is 1.96. The molecule has 1 saturated carbocycles. The number of rotatable bonds is 0. The van der Waals surface area contributed by atoms with Crippen LogP contribution in [0.5, 0.6) is 0 Å². The largest absolute Gasteiger partial charge is 0.257 e. The molecule has 3 heteroatoms. The summed E-state index contributed by atoms with van der Waals surface area (Å²) < 4.78 is 11.8. The van der Waals surface area contributed by atoms with Crippen LogP contribution in [0.25, 0.3) is 0 Å². The number of hydrogen-bond acceptors (Lipinski definition) is 2. The van der Waals surface area contributed by atoms with Crippen LogP contribution in [0.2, 0.25) is 0 Å². The molecule has 3 atom stereocenters. The van der Waals surface area contributed by atoms with E-state index in [-0.39, 0.29) is 0 Å². The molecular weight excluding hydrogens is 176 g/mol. The maximum Gasteiger partial charge on any atom is 0.0401 e. The molecule has 2 fully saturated rings. The van der Waals surface area contributed by atoms with Crippen molar-refractivity contribution in [1.82, 2.24) is 0 Å². The Morgan fingerprint density at radius 1 is 1.36 bits per heavy atom. The second-order valence-electron chi connectivity index (χ2n) is 3.53. The molecule has 1 aliphatic carbocycles. The van der Waals surface area contributed by atoms with Gasteiger partial charge in [0.25, 0.3) is 0 Å². The van der Waals surface area contributed by atoms with Gasteiger partial charge in [-0.25, -0.2) is 0 Å². The summed E-state index contributed by atoms with van der Waals surface area (Å²) in [7, 11) is -0.109. The molecule has 0 amide bonds. The van der Waals surface area contributed by atoms with Gasteiger partial charge in [0.1, 0.15) is 0 Å². The van der Waals surface area contributed by atoms with Crippen molar-refractivity contribution in [3.8, 4) is 0 Å². The first-order chi connectivity index (χ1) is 5.20. The summed E-state index contributed by atoms with van der Waals surface area (Å²) in [6.07, 6.45) is 5.08. The van der Waals surface area contributed by atoms with Gasteiger partial charge in [-0.2, -0.15) is 0 Å². The van der Waals surface area contributed by atoms with E-state index in [1.54, 1.807) is 10.8 Å². The Bertz CT molecular complexity index is 243. The maximum absolute atomic E-state index is 11.8. The second kappa shape index (κ2) is 2.70. The predicted molar refractivity (Wildman–Crippen MR) is 53.5 cm³/mol. The molecule has 1 nitrogen and oxygen atoms in total. The molecule has 0 aromatic carbocycles. The standard InChI is InChI=1S/C8H14OS2/c1-11(9)8-5-3-2-4-7(8)6-10-11/h7-8H,1-6H2. The molecule has 0 N–H and O–H groups in total. The van der Waals surface area contributed by atoms with E-state index in [0.29, 0.717) is 5.25 Å². The monoisotopic (exact) mass is 190 g/mol. The first-order valence-corrected chi connectivity index (χ1v) is 7.50. The van der Waals surface area contributed by atoms with E-state index in [1.807, 2.05) is 0 Å². The third-order valence-electron chi connectivity index (χ3n) is 2.78. The van der Waals surface area contributed by atoms with E-state index in [2.05, 4.69) is 5.87 Å². The van der Waals surface area contributed by atoms with Crippen LogP contribution in [0, 0.1) is 5.92 Å². The molecule has 11 heavy (non-hydrogen) atoms. The van der Waals surface area contributed by atoms with Gasteiger partial charge in [0.05, 0.1) is 0 Å². The molecule has 1 saturated heterocycles. The Hall–Kier alpha value is 0.370. The molecule has 0 radical (unpaired) electrons. The highest BCUT2D eigenvalue weighted by Crippen LogP contribution is 2.43. The van der Waals surface area contributed by atoms with E-state index >= 15 is 0 Å². The van der Waals surface area contributed by atoms with Crippen LogP contribution in [-0.2, 0) is 8.55 Å². The van der Waals surface area contributed by atoms with Crippen molar-refractivity contribution in [3.63, 3.8) is 0 Å². The van der Waals surface area contributed by atoms with Gasteiger partial charge in [-0.3, -0.25) is 4.21 Å². The summed E-state index contributed by atoms with van der Waals surface area (Å²) in [5.74, 6) is 5.68. The number of hydrogen-bond donors (Lipinski definition) is 0. The minimum Gasteiger partial charge on any atom is -0.257 e. The molecular formula is C8H14OS2. The highest BCUT2D eigenvalue weighted by molar-refractivity contribution is 8.76. The number of fused-ring (bicyclic) bond motifs is 1. The molecule has 3 unspecified atom stereocenters. The zero-order valence-electron chi connectivity index (χ0n) is 6.62. The average molecular weight is 190 g/mol. The quantitative estimate of drug-likeness (QED) is 0.429. The summed E-state index contributed by atoms with van der Waals surface area (Å²) in [5, 5.41) is 0.459. The van der Waals surface area contributed by atoms with Crippen LogP contribution in [0.15, 0.2) is 0 Å². The van der Waals surface area contributed by atoms with Gasteiger partial charge in [-0.05, 0) is 24.6 Å². The second-order valence-corrected chi connectivity index (χ2v) is 8.43. The third-order valence-corrected chi connectivity index (χ3v) is 7.64. The van der Waals surface area contributed by atoms with Crippen LogP contribution in [0.4, 0.5) is 0 Å². The summed E-state index contributed by atoms with van der Waals surface area (Å²) >= 11 is 0. The van der Waals surface area contributed by atoms with E-state index in [4.69, 9.17) is 0 Å². The predicted octanol–water partition coefficient (Wildman–Crippen LogP) is 1.92. The van der Waals surface area contributed by atoms with Gasteiger partial charge in [-0.15, -0.1) is 0 Å². The topological polar surface area (TPSA) is 17.1 Å². The van der Waals surface area contributed by atoms with Crippen molar-refractivity contribution < 1.29 is 4.21 Å². The lowest BCUT2D eigenvalue weighted by Crippen LogP contribution is -2.25. The van der Waals surface area contributed by atoms with E-state index in [1.165, 1.54) is 25.7 Å². The van der Waals surface area contributed by atoms with Crippen LogP contribution in [-0.4, -0.2) is 21.1 Å². The van der Waals surface area contributed by atoms with Gasteiger partial charge in [-0.1, -0.05) is 23.6 Å². The molecule has 0 aromatic heterocycles. The highest BCUT2D eigenvalue weighted by atomic mass is 33.1. The minimum atomic E-state index is -1.73. The third kappa shape index (κ3) is 1.33. The molecule has 64 valence electrons. The molecule has 0 bridgehead atoms. The molecule has 1 aliphatic heterocycles. The Labute approximate surface area is 72.4 Å². The normalized spacial score (nSPS) is 50.5. The summed E-state index contributed by atoms with van der Waals surface area (Å²) in [6.45, 7) is 0.